The molecule has 0 aliphatic carbocycles. The van der Waals surface area contributed by atoms with Crippen LogP contribution in [0, 0.1) is 0 Å². The lowest BCUT2D eigenvalue weighted by molar-refractivity contribution is 0.160. The molecule has 3 heterocycles. The minimum atomic E-state index is 0.102. The van der Waals surface area contributed by atoms with Gasteiger partial charge < -0.3 is 14.7 Å². The van der Waals surface area contributed by atoms with Gasteiger partial charge >= 0.3 is 6.03 Å². The van der Waals surface area contributed by atoms with Gasteiger partial charge in [0.1, 0.15) is 5.82 Å². The summed E-state index contributed by atoms with van der Waals surface area (Å²) in [6.07, 6.45) is 6.22. The third-order valence-corrected chi connectivity index (χ3v) is 4.34. The van der Waals surface area contributed by atoms with Gasteiger partial charge in [-0.05, 0) is 36.2 Å². The van der Waals surface area contributed by atoms with E-state index in [2.05, 4.69) is 14.9 Å². The van der Waals surface area contributed by atoms with Crippen molar-refractivity contribution in [3.63, 3.8) is 0 Å². The van der Waals surface area contributed by atoms with Crippen molar-refractivity contribution in [3.05, 3.63) is 54.5 Å². The maximum atomic E-state index is 12.6. The number of amides is 2. The first-order chi connectivity index (χ1) is 11.7. The Hall–Kier alpha value is -2.63. The number of anilines is 1. The number of carbonyl (C=O) groups is 1. The number of likely N-dealkylation sites (N-methyl/N-ethyl adjacent to an activating group) is 1. The lowest BCUT2D eigenvalue weighted by atomic mass is 10.2. The molecule has 0 aromatic carbocycles. The third-order valence-electron chi connectivity index (χ3n) is 4.34. The average molecular weight is 325 g/mol. The standard InChI is InChI=1S/C18H23N5O/c1-21(11-7-16-5-9-19-10-6-16)18(24)23-14-12-22(13-15-23)17-4-2-3-8-20-17/h2-6,8-10H,7,11-15H2,1H3. The van der Waals surface area contributed by atoms with Crippen molar-refractivity contribution >= 4 is 11.8 Å². The number of piperazine rings is 1. The third kappa shape index (κ3) is 4.01. The molecule has 0 spiro atoms. The van der Waals surface area contributed by atoms with Crippen LogP contribution in [0.3, 0.4) is 0 Å². The molecule has 0 unspecified atom stereocenters. The molecular formula is C18H23N5O. The second-order valence-electron chi connectivity index (χ2n) is 5.97. The van der Waals surface area contributed by atoms with Gasteiger partial charge in [-0.3, -0.25) is 4.98 Å². The number of rotatable bonds is 4. The SMILES string of the molecule is CN(CCc1ccncc1)C(=O)N1CCN(c2ccccn2)CC1. The van der Waals surface area contributed by atoms with Crippen LogP contribution in [0.25, 0.3) is 0 Å². The fraction of sp³-hybridized carbons (Fsp3) is 0.389. The van der Waals surface area contributed by atoms with Gasteiger partial charge in [-0.15, -0.1) is 0 Å². The molecule has 1 saturated heterocycles. The zero-order valence-corrected chi connectivity index (χ0v) is 14.0. The van der Waals surface area contributed by atoms with Crippen molar-refractivity contribution < 1.29 is 4.79 Å². The molecule has 2 aromatic rings. The molecule has 0 radical (unpaired) electrons. The van der Waals surface area contributed by atoms with Gasteiger partial charge in [-0.1, -0.05) is 6.07 Å². The van der Waals surface area contributed by atoms with Gasteiger partial charge in [0.05, 0.1) is 0 Å². The summed E-state index contributed by atoms with van der Waals surface area (Å²) in [6, 6.07) is 10.0. The maximum Gasteiger partial charge on any atom is 0.319 e. The monoisotopic (exact) mass is 325 g/mol. The zero-order valence-electron chi connectivity index (χ0n) is 14.0. The first kappa shape index (κ1) is 16.2. The van der Waals surface area contributed by atoms with Gasteiger partial charge in [0, 0.05) is 58.4 Å². The van der Waals surface area contributed by atoms with Gasteiger partial charge in [0.15, 0.2) is 0 Å². The Morgan fingerprint density at radius 1 is 1.08 bits per heavy atom. The summed E-state index contributed by atoms with van der Waals surface area (Å²) in [5, 5.41) is 0. The van der Waals surface area contributed by atoms with Gasteiger partial charge in [-0.2, -0.15) is 0 Å². The molecule has 1 aliphatic rings. The molecule has 1 aliphatic heterocycles. The largest absolute Gasteiger partial charge is 0.353 e. The molecule has 0 bridgehead atoms. The maximum absolute atomic E-state index is 12.6. The highest BCUT2D eigenvalue weighted by molar-refractivity contribution is 5.74. The number of aromatic nitrogens is 2. The fourth-order valence-corrected chi connectivity index (χ4v) is 2.85. The van der Waals surface area contributed by atoms with Crippen molar-refractivity contribution in [3.8, 4) is 0 Å². The molecule has 6 nitrogen and oxygen atoms in total. The van der Waals surface area contributed by atoms with Crippen LogP contribution in [0.15, 0.2) is 48.9 Å². The van der Waals surface area contributed by atoms with Crippen molar-refractivity contribution in [2.45, 2.75) is 6.42 Å². The van der Waals surface area contributed by atoms with Crippen LogP contribution < -0.4 is 4.90 Å². The second-order valence-corrected chi connectivity index (χ2v) is 5.97. The highest BCUT2D eigenvalue weighted by Crippen LogP contribution is 2.13. The van der Waals surface area contributed by atoms with Crippen molar-refractivity contribution in [2.24, 2.45) is 0 Å². The van der Waals surface area contributed by atoms with Crippen LogP contribution in [0.4, 0.5) is 10.6 Å². The summed E-state index contributed by atoms with van der Waals surface area (Å²) in [4.78, 5) is 26.9. The Kier molecular flexibility index (Phi) is 5.25. The van der Waals surface area contributed by atoms with E-state index in [1.165, 1.54) is 5.56 Å². The van der Waals surface area contributed by atoms with Gasteiger partial charge in [-0.25, -0.2) is 9.78 Å². The number of pyridine rings is 2. The highest BCUT2D eigenvalue weighted by atomic mass is 16.2. The van der Waals surface area contributed by atoms with Gasteiger partial charge in [0.25, 0.3) is 0 Å². The van der Waals surface area contributed by atoms with E-state index in [9.17, 15) is 4.79 Å². The van der Waals surface area contributed by atoms with Crippen LogP contribution in [0.1, 0.15) is 5.56 Å². The predicted molar refractivity (Wildman–Crippen MR) is 94.0 cm³/mol. The topological polar surface area (TPSA) is 52.6 Å². The quantitative estimate of drug-likeness (QED) is 0.861. The van der Waals surface area contributed by atoms with Gasteiger partial charge in [0.2, 0.25) is 0 Å². The molecule has 0 N–H and O–H groups in total. The summed E-state index contributed by atoms with van der Waals surface area (Å²) < 4.78 is 0. The minimum absolute atomic E-state index is 0.102. The molecule has 24 heavy (non-hydrogen) atoms. The number of carbonyl (C=O) groups excluding carboxylic acids is 1. The summed E-state index contributed by atoms with van der Waals surface area (Å²) in [7, 11) is 1.87. The summed E-state index contributed by atoms with van der Waals surface area (Å²) in [6.45, 7) is 3.81. The lowest BCUT2D eigenvalue weighted by Gasteiger charge is -2.37. The van der Waals surface area contributed by atoms with Crippen LogP contribution in [-0.2, 0) is 6.42 Å². The number of hydrogen-bond donors (Lipinski definition) is 0. The summed E-state index contributed by atoms with van der Waals surface area (Å²) in [5.41, 5.74) is 1.20. The average Bonchev–Trinajstić information content (AvgIpc) is 2.67. The first-order valence-corrected chi connectivity index (χ1v) is 8.29. The first-order valence-electron chi connectivity index (χ1n) is 8.29. The normalized spacial score (nSPS) is 14.5. The van der Waals surface area contributed by atoms with E-state index in [1.807, 2.05) is 42.3 Å². The van der Waals surface area contributed by atoms with Crippen molar-refractivity contribution in [2.75, 3.05) is 44.7 Å². The van der Waals surface area contributed by atoms with E-state index < -0.39 is 0 Å². The van der Waals surface area contributed by atoms with Crippen molar-refractivity contribution in [1.29, 1.82) is 0 Å². The van der Waals surface area contributed by atoms with E-state index in [0.29, 0.717) is 6.54 Å². The smallest absolute Gasteiger partial charge is 0.319 e. The van der Waals surface area contributed by atoms with E-state index in [1.54, 1.807) is 23.5 Å². The summed E-state index contributed by atoms with van der Waals surface area (Å²) >= 11 is 0. The number of nitrogens with zero attached hydrogens (tertiary/aromatic N) is 5. The van der Waals surface area contributed by atoms with E-state index >= 15 is 0 Å². The Morgan fingerprint density at radius 3 is 2.50 bits per heavy atom. The van der Waals surface area contributed by atoms with Crippen molar-refractivity contribution in [1.82, 2.24) is 19.8 Å². The minimum Gasteiger partial charge on any atom is -0.353 e. The molecule has 126 valence electrons. The Balaban J connectivity index is 1.48. The zero-order chi connectivity index (χ0) is 16.8. The van der Waals surface area contributed by atoms with Crippen LogP contribution in [0.2, 0.25) is 0 Å². The molecule has 6 heteroatoms. The van der Waals surface area contributed by atoms with E-state index in [0.717, 1.165) is 38.4 Å². The molecule has 3 rings (SSSR count). The highest BCUT2D eigenvalue weighted by Gasteiger charge is 2.23. The fourth-order valence-electron chi connectivity index (χ4n) is 2.85. The molecular weight excluding hydrogens is 302 g/mol. The molecule has 0 saturated carbocycles. The number of urea groups is 1. The van der Waals surface area contributed by atoms with Crippen LogP contribution in [0.5, 0.6) is 0 Å². The molecule has 0 atom stereocenters. The van der Waals surface area contributed by atoms with E-state index in [4.69, 9.17) is 0 Å². The van der Waals surface area contributed by atoms with Crippen LogP contribution in [-0.4, -0.2) is 65.6 Å². The Morgan fingerprint density at radius 2 is 1.83 bits per heavy atom. The Bertz CT molecular complexity index is 641. The van der Waals surface area contributed by atoms with E-state index in [-0.39, 0.29) is 6.03 Å². The molecule has 2 aromatic heterocycles. The molecule has 1 fully saturated rings. The lowest BCUT2D eigenvalue weighted by Crippen LogP contribution is -2.52. The second kappa shape index (κ2) is 7.77. The summed E-state index contributed by atoms with van der Waals surface area (Å²) in [5.74, 6) is 0.982. The Labute approximate surface area is 142 Å². The molecule has 2 amide bonds. The number of hydrogen-bond acceptors (Lipinski definition) is 4. The van der Waals surface area contributed by atoms with Crippen LogP contribution >= 0.6 is 0 Å². The predicted octanol–water partition coefficient (Wildman–Crippen LogP) is 1.89.